The van der Waals surface area contributed by atoms with Crippen LogP contribution in [0.2, 0.25) is 0 Å². The van der Waals surface area contributed by atoms with Crippen LogP contribution in [0, 0.1) is 0 Å². The summed E-state index contributed by atoms with van der Waals surface area (Å²) in [5, 5.41) is 9.28. The monoisotopic (exact) mass is 511 g/mol. The van der Waals surface area contributed by atoms with Crippen molar-refractivity contribution in [3.63, 3.8) is 0 Å². The normalized spacial score (nSPS) is 18.3. The molecular weight excluding hydrogens is 480 g/mol. The summed E-state index contributed by atoms with van der Waals surface area (Å²) in [4.78, 5) is 15.7. The Morgan fingerprint density at radius 2 is 2.00 bits per heavy atom. The van der Waals surface area contributed by atoms with Crippen LogP contribution in [-0.4, -0.2) is 56.8 Å². The van der Waals surface area contributed by atoms with Crippen LogP contribution in [0.15, 0.2) is 24.5 Å². The molecule has 9 nitrogen and oxygen atoms in total. The minimum atomic E-state index is -2.64. The molecule has 3 aliphatic rings. The summed E-state index contributed by atoms with van der Waals surface area (Å²) in [6.07, 6.45) is 4.80. The van der Waals surface area contributed by atoms with E-state index in [1.165, 1.54) is 0 Å². The van der Waals surface area contributed by atoms with E-state index in [1.54, 1.807) is 35.1 Å². The molecule has 2 N–H and O–H groups in total. The zero-order valence-corrected chi connectivity index (χ0v) is 20.9. The van der Waals surface area contributed by atoms with Crippen LogP contribution in [0.1, 0.15) is 54.1 Å². The largest absolute Gasteiger partial charge is 0.381 e. The lowest BCUT2D eigenvalue weighted by atomic mass is 9.92. The number of amides is 2. The van der Waals surface area contributed by atoms with Gasteiger partial charge < -0.3 is 20.3 Å². The van der Waals surface area contributed by atoms with Crippen molar-refractivity contribution in [1.82, 2.24) is 24.5 Å². The lowest BCUT2D eigenvalue weighted by molar-refractivity contribution is 0.0651. The van der Waals surface area contributed by atoms with Gasteiger partial charge in [0.15, 0.2) is 5.82 Å². The SMILES string of the molecule is Cn1cc(-c2cc3c(cc2C(F)F)N(c2nn(C4CCOCC4)c4c2CN(C(N)=O)CC4)CCC3)cn1. The molecule has 2 aromatic heterocycles. The van der Waals surface area contributed by atoms with Crippen molar-refractivity contribution < 1.29 is 18.3 Å². The second-order valence-corrected chi connectivity index (χ2v) is 10.1. The van der Waals surface area contributed by atoms with E-state index in [1.807, 2.05) is 6.07 Å². The van der Waals surface area contributed by atoms with Gasteiger partial charge in [0.05, 0.1) is 18.8 Å². The Morgan fingerprint density at radius 1 is 1.19 bits per heavy atom. The average Bonchev–Trinajstić information content (AvgIpc) is 3.51. The summed E-state index contributed by atoms with van der Waals surface area (Å²) in [6, 6.07) is 3.26. The van der Waals surface area contributed by atoms with Gasteiger partial charge in [-0.1, -0.05) is 0 Å². The molecule has 3 aromatic rings. The van der Waals surface area contributed by atoms with E-state index in [0.717, 1.165) is 54.0 Å². The Balaban J connectivity index is 1.47. The summed E-state index contributed by atoms with van der Waals surface area (Å²) in [5.74, 6) is 0.739. The molecule has 6 rings (SSSR count). The Hall–Kier alpha value is -3.47. The molecule has 11 heteroatoms. The fourth-order valence-corrected chi connectivity index (χ4v) is 5.92. The highest BCUT2D eigenvalue weighted by atomic mass is 19.3. The molecule has 3 aliphatic heterocycles. The number of anilines is 2. The van der Waals surface area contributed by atoms with Gasteiger partial charge in [-0.15, -0.1) is 0 Å². The molecule has 0 unspecified atom stereocenters. The number of aryl methyl sites for hydroxylation is 2. The number of halogens is 2. The third kappa shape index (κ3) is 4.24. The van der Waals surface area contributed by atoms with E-state index < -0.39 is 12.5 Å². The van der Waals surface area contributed by atoms with Gasteiger partial charge in [0.2, 0.25) is 0 Å². The number of carbonyl (C=O) groups is 1. The second kappa shape index (κ2) is 9.44. The highest BCUT2D eigenvalue weighted by molar-refractivity contribution is 5.77. The summed E-state index contributed by atoms with van der Waals surface area (Å²) in [7, 11) is 1.78. The maximum Gasteiger partial charge on any atom is 0.315 e. The Bertz CT molecular complexity index is 1330. The number of hydrogen-bond donors (Lipinski definition) is 1. The number of aromatic nitrogens is 4. The summed E-state index contributed by atoms with van der Waals surface area (Å²) in [6.45, 7) is 2.93. The Morgan fingerprint density at radius 3 is 2.70 bits per heavy atom. The molecule has 5 heterocycles. The molecule has 0 aliphatic carbocycles. The van der Waals surface area contributed by atoms with Crippen LogP contribution in [0.3, 0.4) is 0 Å². The maximum atomic E-state index is 14.3. The van der Waals surface area contributed by atoms with E-state index in [4.69, 9.17) is 15.6 Å². The second-order valence-electron chi connectivity index (χ2n) is 10.1. The van der Waals surface area contributed by atoms with Gasteiger partial charge in [0, 0.05) is 74.0 Å². The summed E-state index contributed by atoms with van der Waals surface area (Å²) >= 11 is 0. The zero-order valence-electron chi connectivity index (χ0n) is 20.9. The Labute approximate surface area is 213 Å². The molecule has 0 spiro atoms. The molecule has 2 amide bonds. The van der Waals surface area contributed by atoms with Gasteiger partial charge in [-0.3, -0.25) is 9.36 Å². The van der Waals surface area contributed by atoms with Crippen LogP contribution in [-0.2, 0) is 31.2 Å². The summed E-state index contributed by atoms with van der Waals surface area (Å²) in [5.41, 5.74) is 10.6. The predicted molar refractivity (Wildman–Crippen MR) is 134 cm³/mol. The van der Waals surface area contributed by atoms with Crippen LogP contribution >= 0.6 is 0 Å². The first kappa shape index (κ1) is 23.9. The number of carbonyl (C=O) groups excluding carboxylic acids is 1. The molecule has 0 bridgehead atoms. The average molecular weight is 512 g/mol. The number of hydrogen-bond acceptors (Lipinski definition) is 5. The van der Waals surface area contributed by atoms with Gasteiger partial charge in [-0.2, -0.15) is 10.2 Å². The lowest BCUT2D eigenvalue weighted by Gasteiger charge is -2.33. The van der Waals surface area contributed by atoms with Gasteiger partial charge >= 0.3 is 6.03 Å². The number of ether oxygens (including phenoxy) is 1. The van der Waals surface area contributed by atoms with Crippen LogP contribution < -0.4 is 10.6 Å². The molecule has 0 saturated carbocycles. The maximum absolute atomic E-state index is 14.3. The van der Waals surface area contributed by atoms with Crippen LogP contribution in [0.25, 0.3) is 11.1 Å². The van der Waals surface area contributed by atoms with E-state index in [2.05, 4.69) is 14.7 Å². The number of primary amides is 1. The van der Waals surface area contributed by atoms with Crippen LogP contribution in [0.4, 0.5) is 25.1 Å². The molecule has 1 aromatic carbocycles. The van der Waals surface area contributed by atoms with Crippen molar-refractivity contribution in [2.75, 3.05) is 31.2 Å². The van der Waals surface area contributed by atoms with Gasteiger partial charge in [-0.25, -0.2) is 13.6 Å². The van der Waals surface area contributed by atoms with Crippen molar-refractivity contribution in [1.29, 1.82) is 0 Å². The topological polar surface area (TPSA) is 94.4 Å². The summed E-state index contributed by atoms with van der Waals surface area (Å²) < 4.78 is 38.0. The highest BCUT2D eigenvalue weighted by Gasteiger charge is 2.34. The van der Waals surface area contributed by atoms with Crippen LogP contribution in [0.5, 0.6) is 0 Å². The third-order valence-corrected chi connectivity index (χ3v) is 7.79. The lowest BCUT2D eigenvalue weighted by Crippen LogP contribution is -2.40. The molecule has 0 atom stereocenters. The highest BCUT2D eigenvalue weighted by Crippen LogP contribution is 2.43. The number of nitrogens with two attached hydrogens (primary N) is 1. The molecule has 37 heavy (non-hydrogen) atoms. The van der Waals surface area contributed by atoms with Gasteiger partial charge in [0.1, 0.15) is 0 Å². The third-order valence-electron chi connectivity index (χ3n) is 7.79. The number of fused-ring (bicyclic) bond motifs is 2. The number of urea groups is 1. The standard InChI is InChI=1S/C26H31F2N7O2/c1-32-14-17(13-30-32)19-11-16-3-2-7-34(23(16)12-20(19)24(27)28)25-21-15-33(26(29)36)8-4-22(21)35(31-25)18-5-9-37-10-6-18/h11-14,18,24H,2-10,15H2,1H3,(H2,29,36). The first-order chi connectivity index (χ1) is 17.9. The van der Waals surface area contributed by atoms with Crippen molar-refractivity contribution in [3.05, 3.63) is 46.9 Å². The molecule has 1 saturated heterocycles. The molecular formula is C26H31F2N7O2. The van der Waals surface area contributed by atoms with E-state index in [0.29, 0.717) is 50.4 Å². The number of alkyl halides is 2. The Kier molecular flexibility index (Phi) is 6.10. The minimum Gasteiger partial charge on any atom is -0.381 e. The van der Waals surface area contributed by atoms with E-state index in [-0.39, 0.29) is 11.6 Å². The first-order valence-electron chi connectivity index (χ1n) is 12.8. The minimum absolute atomic E-state index is 0.0184. The van der Waals surface area contributed by atoms with Crippen molar-refractivity contribution in [2.24, 2.45) is 12.8 Å². The van der Waals surface area contributed by atoms with Crippen molar-refractivity contribution in [3.8, 4) is 11.1 Å². The zero-order chi connectivity index (χ0) is 25.7. The molecule has 196 valence electrons. The quantitative estimate of drug-likeness (QED) is 0.569. The van der Waals surface area contributed by atoms with Crippen molar-refractivity contribution >= 4 is 17.5 Å². The van der Waals surface area contributed by atoms with Gasteiger partial charge in [0.25, 0.3) is 6.43 Å². The molecule has 1 fully saturated rings. The fourth-order valence-electron chi connectivity index (χ4n) is 5.92. The molecule has 0 radical (unpaired) electrons. The number of nitrogens with zero attached hydrogens (tertiary/aromatic N) is 6. The smallest absolute Gasteiger partial charge is 0.315 e. The number of benzene rings is 1. The number of rotatable bonds is 4. The van der Waals surface area contributed by atoms with Crippen molar-refractivity contribution in [2.45, 2.75) is 51.1 Å². The fraction of sp³-hybridized carbons (Fsp3) is 0.500. The predicted octanol–water partition coefficient (Wildman–Crippen LogP) is 4.09. The first-order valence-corrected chi connectivity index (χ1v) is 12.8. The van der Waals surface area contributed by atoms with E-state index >= 15 is 0 Å². The van der Waals surface area contributed by atoms with Gasteiger partial charge in [-0.05, 0) is 48.9 Å². The van der Waals surface area contributed by atoms with E-state index in [9.17, 15) is 13.6 Å².